The molecule has 0 fully saturated rings. The number of nitrogens with one attached hydrogen (secondary N) is 1. The van der Waals surface area contributed by atoms with Crippen LogP contribution >= 0.6 is 0 Å². The van der Waals surface area contributed by atoms with Crippen LogP contribution in [-0.2, 0) is 6.80 Å². The summed E-state index contributed by atoms with van der Waals surface area (Å²) in [4.78, 5) is 10.5. The fourth-order valence-electron chi connectivity index (χ4n) is 0.537. The molecule has 0 aromatic carbocycles. The average molecular weight is 131 g/mol. The van der Waals surface area contributed by atoms with Gasteiger partial charge >= 0.3 is 5.69 Å². The molecule has 0 aliphatic rings. The number of rotatable bonds is 1. The van der Waals surface area contributed by atoms with Gasteiger partial charge in [-0.05, 0) is 6.92 Å². The number of hydrogen-bond donors (Lipinski definition) is 1. The summed E-state index contributed by atoms with van der Waals surface area (Å²) in [5.74, 6) is 0.363. The number of alkyl halides is 1. The number of aromatic amines is 1. The predicted octanol–water partition coefficient (Wildman–Crippen LogP) is -0.193. The maximum absolute atomic E-state index is 11.8. The van der Waals surface area contributed by atoms with Crippen molar-refractivity contribution < 1.29 is 4.39 Å². The summed E-state index contributed by atoms with van der Waals surface area (Å²) in [6, 6.07) is 0. The lowest BCUT2D eigenvalue weighted by Gasteiger charge is -1.89. The number of aromatic nitrogens is 3. The molecule has 0 aliphatic carbocycles. The largest absolute Gasteiger partial charge is 0.345 e. The summed E-state index contributed by atoms with van der Waals surface area (Å²) < 4.78 is 12.7. The van der Waals surface area contributed by atoms with E-state index in [2.05, 4.69) is 10.2 Å². The zero-order chi connectivity index (χ0) is 6.85. The van der Waals surface area contributed by atoms with Crippen molar-refractivity contribution in [1.29, 1.82) is 0 Å². The molecular formula is C4H6FN3O. The molecule has 0 bridgehead atoms. The number of halogens is 1. The fraction of sp³-hybridized carbons (Fsp3) is 0.500. The van der Waals surface area contributed by atoms with Crippen molar-refractivity contribution in [3.05, 3.63) is 16.3 Å². The van der Waals surface area contributed by atoms with E-state index in [0.717, 1.165) is 4.57 Å². The van der Waals surface area contributed by atoms with Crippen molar-refractivity contribution in [3.8, 4) is 0 Å². The fourth-order valence-corrected chi connectivity index (χ4v) is 0.537. The standard InChI is InChI=1S/C4H6FN3O/c1-3-6-7-4(9)8(3)2-5/h2H2,1H3,(H,7,9). The Morgan fingerprint density at radius 1 is 1.89 bits per heavy atom. The molecule has 0 amide bonds. The molecule has 4 nitrogen and oxygen atoms in total. The lowest BCUT2D eigenvalue weighted by molar-refractivity contribution is 0.364. The Hall–Kier alpha value is -1.13. The lowest BCUT2D eigenvalue weighted by Crippen LogP contribution is -2.15. The molecule has 0 spiro atoms. The summed E-state index contributed by atoms with van der Waals surface area (Å²) >= 11 is 0. The summed E-state index contributed by atoms with van der Waals surface area (Å²) in [6.45, 7) is 0.735. The van der Waals surface area contributed by atoms with Gasteiger partial charge in [0, 0.05) is 0 Å². The van der Waals surface area contributed by atoms with E-state index < -0.39 is 12.5 Å². The SMILES string of the molecule is Cc1n[nH]c(=O)n1CF. The highest BCUT2D eigenvalue weighted by molar-refractivity contribution is 4.78. The molecule has 9 heavy (non-hydrogen) atoms. The molecule has 0 saturated heterocycles. The van der Waals surface area contributed by atoms with Gasteiger partial charge in [0.2, 0.25) is 0 Å². The molecule has 50 valence electrons. The second kappa shape index (κ2) is 2.00. The van der Waals surface area contributed by atoms with Crippen molar-refractivity contribution in [2.24, 2.45) is 0 Å². The quantitative estimate of drug-likeness (QED) is 0.574. The van der Waals surface area contributed by atoms with E-state index in [1.807, 2.05) is 0 Å². The van der Waals surface area contributed by atoms with Gasteiger partial charge in [-0.3, -0.25) is 0 Å². The molecule has 1 aromatic heterocycles. The molecule has 0 radical (unpaired) electrons. The van der Waals surface area contributed by atoms with Crippen LogP contribution in [0.15, 0.2) is 4.79 Å². The molecule has 1 rings (SSSR count). The van der Waals surface area contributed by atoms with Crippen LogP contribution < -0.4 is 5.69 Å². The summed E-state index contributed by atoms with van der Waals surface area (Å²) in [7, 11) is 0. The smallest absolute Gasteiger partial charge is 0.250 e. The topological polar surface area (TPSA) is 50.7 Å². The van der Waals surface area contributed by atoms with E-state index >= 15 is 0 Å². The van der Waals surface area contributed by atoms with Gasteiger partial charge in [0.1, 0.15) is 5.82 Å². The van der Waals surface area contributed by atoms with Gasteiger partial charge in [-0.25, -0.2) is 18.9 Å². The molecule has 0 atom stereocenters. The van der Waals surface area contributed by atoms with E-state index in [0.29, 0.717) is 5.82 Å². The van der Waals surface area contributed by atoms with Gasteiger partial charge in [-0.15, -0.1) is 0 Å². The second-order valence-corrected chi connectivity index (χ2v) is 1.62. The van der Waals surface area contributed by atoms with Crippen molar-refractivity contribution in [2.75, 3.05) is 0 Å². The molecule has 1 aromatic rings. The first-order valence-corrected chi connectivity index (χ1v) is 2.43. The number of H-pyrrole nitrogens is 1. The molecule has 0 unspecified atom stereocenters. The van der Waals surface area contributed by atoms with Gasteiger partial charge in [0.05, 0.1) is 0 Å². The number of aryl methyl sites for hydroxylation is 1. The van der Waals surface area contributed by atoms with E-state index in [4.69, 9.17) is 0 Å². The monoisotopic (exact) mass is 131 g/mol. The zero-order valence-corrected chi connectivity index (χ0v) is 4.89. The van der Waals surface area contributed by atoms with Crippen LogP contribution in [0.3, 0.4) is 0 Å². The minimum absolute atomic E-state index is 0.363. The van der Waals surface area contributed by atoms with Crippen LogP contribution in [-0.4, -0.2) is 14.8 Å². The van der Waals surface area contributed by atoms with Crippen LogP contribution in [0.25, 0.3) is 0 Å². The highest BCUT2D eigenvalue weighted by Crippen LogP contribution is 1.85. The Kier molecular flexibility index (Phi) is 1.33. The van der Waals surface area contributed by atoms with Crippen LogP contribution in [0.1, 0.15) is 5.82 Å². The predicted molar refractivity (Wildman–Crippen MR) is 28.7 cm³/mol. The molecule has 0 aliphatic heterocycles. The Labute approximate surface area is 50.3 Å². The number of hydrogen-bond acceptors (Lipinski definition) is 2. The van der Waals surface area contributed by atoms with Crippen molar-refractivity contribution in [2.45, 2.75) is 13.7 Å². The highest BCUT2D eigenvalue weighted by atomic mass is 19.1. The maximum Gasteiger partial charge on any atom is 0.345 e. The van der Waals surface area contributed by atoms with E-state index in [1.54, 1.807) is 6.92 Å². The van der Waals surface area contributed by atoms with Gasteiger partial charge in [-0.1, -0.05) is 0 Å². The Bertz CT molecular complexity index is 251. The van der Waals surface area contributed by atoms with Crippen LogP contribution in [0.5, 0.6) is 0 Å². The normalized spacial score (nSPS) is 10.0. The Morgan fingerprint density at radius 2 is 2.56 bits per heavy atom. The first-order valence-electron chi connectivity index (χ1n) is 2.43. The summed E-state index contributed by atoms with van der Waals surface area (Å²) in [5.41, 5.74) is -0.505. The first-order chi connectivity index (χ1) is 4.25. The Morgan fingerprint density at radius 3 is 2.78 bits per heavy atom. The lowest BCUT2D eigenvalue weighted by atomic mass is 10.7. The highest BCUT2D eigenvalue weighted by Gasteiger charge is 1.99. The van der Waals surface area contributed by atoms with Crippen LogP contribution in [0.4, 0.5) is 4.39 Å². The van der Waals surface area contributed by atoms with E-state index in [-0.39, 0.29) is 0 Å². The minimum Gasteiger partial charge on any atom is -0.250 e. The number of nitrogens with zero attached hydrogens (tertiary/aromatic N) is 2. The van der Waals surface area contributed by atoms with Crippen molar-refractivity contribution >= 4 is 0 Å². The molecule has 1 heterocycles. The second-order valence-electron chi connectivity index (χ2n) is 1.62. The Balaban J connectivity index is 3.23. The van der Waals surface area contributed by atoms with Crippen LogP contribution in [0, 0.1) is 6.92 Å². The summed E-state index contributed by atoms with van der Waals surface area (Å²) in [6.07, 6.45) is 0. The van der Waals surface area contributed by atoms with Gasteiger partial charge in [0.15, 0.2) is 6.80 Å². The molecule has 1 N–H and O–H groups in total. The summed E-state index contributed by atoms with van der Waals surface area (Å²) in [5, 5.41) is 5.58. The third-order valence-electron chi connectivity index (χ3n) is 1.07. The maximum atomic E-state index is 11.8. The molecule has 0 saturated carbocycles. The molecule has 5 heteroatoms. The molecular weight excluding hydrogens is 125 g/mol. The van der Waals surface area contributed by atoms with E-state index in [9.17, 15) is 9.18 Å². The average Bonchev–Trinajstić information content (AvgIpc) is 2.12. The van der Waals surface area contributed by atoms with Gasteiger partial charge in [-0.2, -0.15) is 5.10 Å². The van der Waals surface area contributed by atoms with E-state index in [1.165, 1.54) is 0 Å². The van der Waals surface area contributed by atoms with Crippen LogP contribution in [0.2, 0.25) is 0 Å². The zero-order valence-electron chi connectivity index (χ0n) is 4.89. The third-order valence-corrected chi connectivity index (χ3v) is 1.07. The van der Waals surface area contributed by atoms with Gasteiger partial charge < -0.3 is 0 Å². The van der Waals surface area contributed by atoms with Crippen molar-refractivity contribution in [1.82, 2.24) is 14.8 Å². The third kappa shape index (κ3) is 0.847. The first kappa shape index (κ1) is 6.00. The van der Waals surface area contributed by atoms with Gasteiger partial charge in [0.25, 0.3) is 0 Å². The van der Waals surface area contributed by atoms with Crippen molar-refractivity contribution in [3.63, 3.8) is 0 Å². The minimum atomic E-state index is -0.818.